The van der Waals surface area contributed by atoms with E-state index in [1.54, 1.807) is 0 Å². The summed E-state index contributed by atoms with van der Waals surface area (Å²) in [5, 5.41) is 2.86. The molecule has 0 fully saturated rings. The Morgan fingerprint density at radius 3 is 2.55 bits per heavy atom. The molecule has 0 unspecified atom stereocenters. The van der Waals surface area contributed by atoms with Crippen LogP contribution < -0.4 is 10.1 Å². The van der Waals surface area contributed by atoms with Gasteiger partial charge in [-0.3, -0.25) is 4.79 Å². The number of carbonyl (C=O) groups excluding carboxylic acids is 1. The van der Waals surface area contributed by atoms with Gasteiger partial charge in [0.1, 0.15) is 5.75 Å². The highest BCUT2D eigenvalue weighted by Crippen LogP contribution is 2.24. The van der Waals surface area contributed by atoms with Crippen molar-refractivity contribution >= 4 is 5.91 Å². The van der Waals surface area contributed by atoms with Crippen LogP contribution >= 0.6 is 0 Å². The zero-order valence-corrected chi connectivity index (χ0v) is 13.4. The molecule has 0 saturated carbocycles. The van der Waals surface area contributed by atoms with Crippen LogP contribution in [0.25, 0.3) is 0 Å². The summed E-state index contributed by atoms with van der Waals surface area (Å²) in [6.45, 7) is 6.83. The van der Waals surface area contributed by atoms with Gasteiger partial charge in [-0.1, -0.05) is 56.3 Å². The molecule has 0 heterocycles. The van der Waals surface area contributed by atoms with E-state index in [2.05, 4.69) is 25.2 Å². The third-order valence-corrected chi connectivity index (χ3v) is 3.57. The van der Waals surface area contributed by atoms with E-state index < -0.39 is 0 Å². The number of carbonyl (C=O) groups is 1. The van der Waals surface area contributed by atoms with E-state index in [0.29, 0.717) is 12.5 Å². The molecule has 1 N–H and O–H groups in total. The Morgan fingerprint density at radius 1 is 1.14 bits per heavy atom. The van der Waals surface area contributed by atoms with Crippen molar-refractivity contribution in [1.29, 1.82) is 0 Å². The lowest BCUT2D eigenvalue weighted by Gasteiger charge is -2.13. The number of aryl methyl sites for hydroxylation is 1. The molecule has 2 aromatic carbocycles. The first-order valence-corrected chi connectivity index (χ1v) is 7.60. The van der Waals surface area contributed by atoms with Crippen molar-refractivity contribution in [1.82, 2.24) is 5.32 Å². The van der Waals surface area contributed by atoms with Gasteiger partial charge in [-0.05, 0) is 35.6 Å². The third kappa shape index (κ3) is 4.62. The molecule has 22 heavy (non-hydrogen) atoms. The molecule has 3 heteroatoms. The van der Waals surface area contributed by atoms with Crippen molar-refractivity contribution in [3.63, 3.8) is 0 Å². The van der Waals surface area contributed by atoms with Gasteiger partial charge in [0.15, 0.2) is 6.61 Å². The smallest absolute Gasteiger partial charge is 0.258 e. The normalized spacial score (nSPS) is 10.5. The first-order valence-electron chi connectivity index (χ1n) is 7.60. The molecular formula is C19H23NO2. The number of nitrogens with one attached hydrogen (secondary N) is 1. The van der Waals surface area contributed by atoms with E-state index in [9.17, 15) is 4.79 Å². The van der Waals surface area contributed by atoms with Crippen LogP contribution in [-0.4, -0.2) is 12.5 Å². The Labute approximate surface area is 132 Å². The van der Waals surface area contributed by atoms with Crippen molar-refractivity contribution in [3.05, 3.63) is 65.2 Å². The van der Waals surface area contributed by atoms with Crippen LogP contribution in [0.5, 0.6) is 5.75 Å². The molecule has 0 aromatic heterocycles. The number of ether oxygens (including phenoxy) is 1. The summed E-state index contributed by atoms with van der Waals surface area (Å²) in [4.78, 5) is 11.9. The van der Waals surface area contributed by atoms with Crippen molar-refractivity contribution in [2.45, 2.75) is 33.2 Å². The van der Waals surface area contributed by atoms with Crippen molar-refractivity contribution in [3.8, 4) is 5.75 Å². The maximum atomic E-state index is 11.9. The highest BCUT2D eigenvalue weighted by atomic mass is 16.5. The maximum absolute atomic E-state index is 11.9. The quantitative estimate of drug-likeness (QED) is 0.880. The van der Waals surface area contributed by atoms with E-state index >= 15 is 0 Å². The molecular weight excluding hydrogens is 274 g/mol. The Morgan fingerprint density at radius 2 is 1.86 bits per heavy atom. The second-order valence-corrected chi connectivity index (χ2v) is 5.73. The molecule has 2 aromatic rings. The molecule has 1 amide bonds. The predicted octanol–water partition coefficient (Wildman–Crippen LogP) is 3.81. The van der Waals surface area contributed by atoms with Gasteiger partial charge in [0.25, 0.3) is 5.91 Å². The monoisotopic (exact) mass is 297 g/mol. The second kappa shape index (κ2) is 7.64. The molecule has 0 spiro atoms. The average molecular weight is 297 g/mol. The Bertz CT molecular complexity index is 621. The van der Waals surface area contributed by atoms with Gasteiger partial charge >= 0.3 is 0 Å². The molecule has 2 rings (SSSR count). The fourth-order valence-corrected chi connectivity index (χ4v) is 2.12. The molecule has 0 aliphatic heterocycles. The standard InChI is InChI=1S/C19H23NO2/c1-14(2)17-10-9-15(3)18(11-17)22-13-19(21)20-12-16-7-5-4-6-8-16/h4-11,14H,12-13H2,1-3H3,(H,20,21). The number of rotatable bonds is 6. The van der Waals surface area contributed by atoms with Crippen molar-refractivity contribution in [2.75, 3.05) is 6.61 Å². The Kier molecular flexibility index (Phi) is 5.59. The lowest BCUT2D eigenvalue weighted by atomic mass is 10.0. The molecule has 0 atom stereocenters. The first-order chi connectivity index (χ1) is 10.6. The zero-order chi connectivity index (χ0) is 15.9. The van der Waals surface area contributed by atoms with Crippen molar-refractivity contribution < 1.29 is 9.53 Å². The van der Waals surface area contributed by atoms with Gasteiger partial charge in [0.05, 0.1) is 0 Å². The molecule has 116 valence electrons. The average Bonchev–Trinajstić information content (AvgIpc) is 2.53. The summed E-state index contributed by atoms with van der Waals surface area (Å²) in [6.07, 6.45) is 0. The summed E-state index contributed by atoms with van der Waals surface area (Å²) in [5.41, 5.74) is 3.33. The first kappa shape index (κ1) is 16.1. The van der Waals surface area contributed by atoms with E-state index in [1.807, 2.05) is 49.4 Å². The summed E-state index contributed by atoms with van der Waals surface area (Å²) in [5.74, 6) is 1.11. The van der Waals surface area contributed by atoms with E-state index in [-0.39, 0.29) is 12.5 Å². The number of hydrogen-bond acceptors (Lipinski definition) is 2. The Balaban J connectivity index is 1.87. The molecule has 3 nitrogen and oxygen atoms in total. The van der Waals surface area contributed by atoms with Gasteiger partial charge in [0.2, 0.25) is 0 Å². The van der Waals surface area contributed by atoms with Crippen LogP contribution in [-0.2, 0) is 11.3 Å². The minimum absolute atomic E-state index is 0.0369. The number of hydrogen-bond donors (Lipinski definition) is 1. The minimum atomic E-state index is -0.113. The SMILES string of the molecule is Cc1ccc(C(C)C)cc1OCC(=O)NCc1ccccc1. The lowest BCUT2D eigenvalue weighted by Crippen LogP contribution is -2.28. The van der Waals surface area contributed by atoms with Gasteiger partial charge in [-0.25, -0.2) is 0 Å². The molecule has 0 bridgehead atoms. The fourth-order valence-electron chi connectivity index (χ4n) is 2.12. The molecule has 0 aliphatic rings. The zero-order valence-electron chi connectivity index (χ0n) is 13.4. The van der Waals surface area contributed by atoms with E-state index in [1.165, 1.54) is 5.56 Å². The van der Waals surface area contributed by atoms with Crippen LogP contribution in [0.2, 0.25) is 0 Å². The predicted molar refractivity (Wildman–Crippen MR) is 89.1 cm³/mol. The third-order valence-electron chi connectivity index (χ3n) is 3.57. The van der Waals surface area contributed by atoms with Gasteiger partial charge in [-0.2, -0.15) is 0 Å². The van der Waals surface area contributed by atoms with Crippen LogP contribution in [0, 0.1) is 6.92 Å². The Hall–Kier alpha value is -2.29. The summed E-state index contributed by atoms with van der Waals surface area (Å²) in [7, 11) is 0. The van der Waals surface area contributed by atoms with Crippen molar-refractivity contribution in [2.24, 2.45) is 0 Å². The summed E-state index contributed by atoms with van der Waals surface area (Å²) in [6, 6.07) is 16.0. The van der Waals surface area contributed by atoms with Crippen LogP contribution in [0.4, 0.5) is 0 Å². The maximum Gasteiger partial charge on any atom is 0.258 e. The molecule has 0 saturated heterocycles. The largest absolute Gasteiger partial charge is 0.483 e. The summed E-state index contributed by atoms with van der Waals surface area (Å²) < 4.78 is 5.67. The summed E-state index contributed by atoms with van der Waals surface area (Å²) >= 11 is 0. The molecule has 0 radical (unpaired) electrons. The fraction of sp³-hybridized carbons (Fsp3) is 0.316. The lowest BCUT2D eigenvalue weighted by molar-refractivity contribution is -0.123. The van der Waals surface area contributed by atoms with E-state index in [4.69, 9.17) is 4.74 Å². The minimum Gasteiger partial charge on any atom is -0.483 e. The van der Waals surface area contributed by atoms with Gasteiger partial charge in [0, 0.05) is 6.54 Å². The number of amides is 1. The highest BCUT2D eigenvalue weighted by molar-refractivity contribution is 5.77. The van der Waals surface area contributed by atoms with Crippen LogP contribution in [0.15, 0.2) is 48.5 Å². The van der Waals surface area contributed by atoms with Crippen LogP contribution in [0.3, 0.4) is 0 Å². The molecule has 0 aliphatic carbocycles. The van der Waals surface area contributed by atoms with Crippen LogP contribution in [0.1, 0.15) is 36.5 Å². The number of benzene rings is 2. The van der Waals surface area contributed by atoms with E-state index in [0.717, 1.165) is 16.9 Å². The van der Waals surface area contributed by atoms with Gasteiger partial charge < -0.3 is 10.1 Å². The second-order valence-electron chi connectivity index (χ2n) is 5.73. The van der Waals surface area contributed by atoms with Gasteiger partial charge in [-0.15, -0.1) is 0 Å². The highest BCUT2D eigenvalue weighted by Gasteiger charge is 2.07. The topological polar surface area (TPSA) is 38.3 Å².